The van der Waals surface area contributed by atoms with Crippen LogP contribution in [0.15, 0.2) is 12.3 Å². The molecule has 0 aliphatic rings. The highest BCUT2D eigenvalue weighted by molar-refractivity contribution is 6.02. The van der Waals surface area contributed by atoms with E-state index in [0.29, 0.717) is 16.6 Å². The van der Waals surface area contributed by atoms with Crippen LogP contribution in [0.4, 0.5) is 5.95 Å². The van der Waals surface area contributed by atoms with Crippen molar-refractivity contribution in [3.63, 3.8) is 0 Å². The molecular weight excluding hydrogens is 246 g/mol. The highest BCUT2D eigenvalue weighted by Crippen LogP contribution is 2.28. The van der Waals surface area contributed by atoms with Gasteiger partial charge in [0.2, 0.25) is 5.52 Å². The molecule has 0 aliphatic heterocycles. The highest BCUT2D eigenvalue weighted by Gasteiger charge is 2.23. The van der Waals surface area contributed by atoms with Crippen molar-refractivity contribution >= 4 is 28.0 Å². The molecule has 3 aromatic rings. The Morgan fingerprint density at radius 3 is 2.68 bits per heavy atom. The van der Waals surface area contributed by atoms with E-state index in [0.717, 1.165) is 16.8 Å². The molecule has 3 rings (SSSR count). The topological polar surface area (TPSA) is 86.7 Å². The molecule has 96 valence electrons. The van der Waals surface area contributed by atoms with Crippen LogP contribution in [0.1, 0.15) is 11.3 Å². The van der Waals surface area contributed by atoms with Crippen LogP contribution in [0.2, 0.25) is 0 Å². The van der Waals surface area contributed by atoms with Gasteiger partial charge in [-0.05, 0) is 30.4 Å². The fourth-order valence-electron chi connectivity index (χ4n) is 2.31. The molecule has 0 bridgehead atoms. The third-order valence-electron chi connectivity index (χ3n) is 3.11. The molecule has 0 atom stereocenters. The van der Waals surface area contributed by atoms with Crippen LogP contribution >= 0.6 is 0 Å². The van der Waals surface area contributed by atoms with Crippen LogP contribution in [-0.2, 0) is 7.05 Å². The van der Waals surface area contributed by atoms with E-state index < -0.39 is 4.92 Å². The quantitative estimate of drug-likeness (QED) is 0.491. The first-order valence-electron chi connectivity index (χ1n) is 5.73. The number of rotatable bonds is 1. The average molecular weight is 257 g/mol. The number of aromatic nitrogens is 4. The number of nitro groups is 1. The van der Waals surface area contributed by atoms with Gasteiger partial charge in [0, 0.05) is 6.20 Å². The van der Waals surface area contributed by atoms with E-state index >= 15 is 0 Å². The van der Waals surface area contributed by atoms with Crippen LogP contribution in [0, 0.1) is 24.0 Å². The Bertz CT molecular complexity index is 837. The predicted molar refractivity (Wildman–Crippen MR) is 69.9 cm³/mol. The number of hydrogen-bond donors (Lipinski definition) is 0. The summed E-state index contributed by atoms with van der Waals surface area (Å²) in [6.45, 7) is 3.71. The smallest absolute Gasteiger partial charge is 0.390 e. The van der Waals surface area contributed by atoms with Crippen molar-refractivity contribution in [3.8, 4) is 0 Å². The molecule has 0 N–H and O–H groups in total. The monoisotopic (exact) mass is 257 g/mol. The van der Waals surface area contributed by atoms with Gasteiger partial charge in [-0.15, -0.1) is 0 Å². The molecule has 0 unspecified atom stereocenters. The molecule has 1 aromatic carbocycles. The standard InChI is InChI=1S/C12H11N5O2/c1-6-4-8-9(14-7(2)5-13-8)10-11(6)16(3)12(15-10)17(18)19/h4-5H,1-3H3. The normalized spacial score (nSPS) is 11.3. The highest BCUT2D eigenvalue weighted by atomic mass is 16.6. The fourth-order valence-corrected chi connectivity index (χ4v) is 2.31. The van der Waals surface area contributed by atoms with Crippen LogP contribution < -0.4 is 0 Å². The maximum atomic E-state index is 11.0. The van der Waals surface area contributed by atoms with Crippen molar-refractivity contribution in [2.45, 2.75) is 13.8 Å². The number of hydrogen-bond acceptors (Lipinski definition) is 5. The number of benzene rings is 1. The zero-order valence-electron chi connectivity index (χ0n) is 10.7. The summed E-state index contributed by atoms with van der Waals surface area (Å²) >= 11 is 0. The predicted octanol–water partition coefficient (Wildman–Crippen LogP) is 2.04. The average Bonchev–Trinajstić information content (AvgIpc) is 2.69. The Balaban J connectivity index is 2.56. The molecule has 0 fully saturated rings. The van der Waals surface area contributed by atoms with Gasteiger partial charge >= 0.3 is 5.95 Å². The Labute approximate surface area is 108 Å². The Morgan fingerprint density at radius 1 is 1.26 bits per heavy atom. The zero-order valence-corrected chi connectivity index (χ0v) is 10.7. The van der Waals surface area contributed by atoms with Crippen molar-refractivity contribution in [1.82, 2.24) is 19.5 Å². The first kappa shape index (κ1) is 11.5. The lowest BCUT2D eigenvalue weighted by molar-refractivity contribution is -0.396. The maximum absolute atomic E-state index is 11.0. The molecule has 7 nitrogen and oxygen atoms in total. The molecule has 0 saturated carbocycles. The van der Waals surface area contributed by atoms with Gasteiger partial charge < -0.3 is 10.1 Å². The van der Waals surface area contributed by atoms with E-state index in [1.807, 2.05) is 19.9 Å². The second-order valence-corrected chi connectivity index (χ2v) is 4.50. The minimum atomic E-state index is -0.492. The van der Waals surface area contributed by atoms with Gasteiger partial charge in [-0.1, -0.05) is 4.98 Å². The van der Waals surface area contributed by atoms with Gasteiger partial charge in [0.1, 0.15) is 11.0 Å². The lowest BCUT2D eigenvalue weighted by Gasteiger charge is -2.00. The van der Waals surface area contributed by atoms with Gasteiger partial charge in [0.05, 0.1) is 18.3 Å². The van der Waals surface area contributed by atoms with Crippen LogP contribution in [0.25, 0.3) is 22.1 Å². The van der Waals surface area contributed by atoms with Crippen molar-refractivity contribution < 1.29 is 4.92 Å². The number of nitrogens with zero attached hydrogens (tertiary/aromatic N) is 5. The molecule has 0 radical (unpaired) electrons. The third-order valence-corrected chi connectivity index (χ3v) is 3.11. The van der Waals surface area contributed by atoms with Crippen molar-refractivity contribution in [2.75, 3.05) is 0 Å². The molecule has 0 aliphatic carbocycles. The third kappa shape index (κ3) is 1.55. The SMILES string of the molecule is Cc1cnc2cc(C)c3c(nc([N+](=O)[O-])n3C)c2n1. The minimum Gasteiger partial charge on any atom is -0.390 e. The second kappa shape index (κ2) is 3.71. The summed E-state index contributed by atoms with van der Waals surface area (Å²) in [6, 6.07) is 1.87. The number of fused-ring (bicyclic) bond motifs is 3. The van der Waals surface area contributed by atoms with E-state index in [2.05, 4.69) is 15.0 Å². The van der Waals surface area contributed by atoms with E-state index in [9.17, 15) is 10.1 Å². The summed E-state index contributed by atoms with van der Waals surface area (Å²) in [5.41, 5.74) is 4.20. The van der Waals surface area contributed by atoms with E-state index in [-0.39, 0.29) is 5.95 Å². The summed E-state index contributed by atoms with van der Waals surface area (Å²) in [7, 11) is 1.63. The lowest BCUT2D eigenvalue weighted by Crippen LogP contribution is -1.98. The Kier molecular flexibility index (Phi) is 2.25. The molecule has 2 heterocycles. The van der Waals surface area contributed by atoms with Gasteiger partial charge in [-0.25, -0.2) is 9.55 Å². The molecular formula is C12H11N5O2. The zero-order chi connectivity index (χ0) is 13.7. The molecule has 19 heavy (non-hydrogen) atoms. The summed E-state index contributed by atoms with van der Waals surface area (Å²) < 4.78 is 1.48. The minimum absolute atomic E-state index is 0.186. The molecule has 0 spiro atoms. The first-order chi connectivity index (χ1) is 8.99. The van der Waals surface area contributed by atoms with E-state index in [1.54, 1.807) is 13.2 Å². The van der Waals surface area contributed by atoms with Gasteiger partial charge in [0.15, 0.2) is 0 Å². The fraction of sp³-hybridized carbons (Fsp3) is 0.250. The Morgan fingerprint density at radius 2 is 2.00 bits per heavy atom. The van der Waals surface area contributed by atoms with Crippen molar-refractivity contribution in [1.29, 1.82) is 0 Å². The number of imidazole rings is 1. The first-order valence-corrected chi connectivity index (χ1v) is 5.73. The lowest BCUT2D eigenvalue weighted by atomic mass is 10.1. The maximum Gasteiger partial charge on any atom is 0.435 e. The second-order valence-electron chi connectivity index (χ2n) is 4.50. The van der Waals surface area contributed by atoms with Crippen molar-refractivity contribution in [3.05, 3.63) is 33.6 Å². The van der Waals surface area contributed by atoms with Crippen LogP contribution in [0.3, 0.4) is 0 Å². The molecule has 0 amide bonds. The van der Waals surface area contributed by atoms with Gasteiger partial charge in [-0.3, -0.25) is 4.98 Å². The van der Waals surface area contributed by atoms with Crippen LogP contribution in [0.5, 0.6) is 0 Å². The van der Waals surface area contributed by atoms with Gasteiger partial charge in [-0.2, -0.15) is 0 Å². The summed E-state index contributed by atoms with van der Waals surface area (Å²) in [4.78, 5) is 23.3. The molecule has 0 saturated heterocycles. The van der Waals surface area contributed by atoms with Gasteiger partial charge in [0.25, 0.3) is 0 Å². The number of aryl methyl sites for hydroxylation is 3. The van der Waals surface area contributed by atoms with Crippen molar-refractivity contribution in [2.24, 2.45) is 7.05 Å². The van der Waals surface area contributed by atoms with E-state index in [4.69, 9.17) is 0 Å². The molecule has 2 aromatic heterocycles. The van der Waals surface area contributed by atoms with Crippen LogP contribution in [-0.4, -0.2) is 24.4 Å². The Hall–Kier alpha value is -2.57. The summed E-state index contributed by atoms with van der Waals surface area (Å²) in [5, 5.41) is 11.0. The molecule has 7 heteroatoms. The summed E-state index contributed by atoms with van der Waals surface area (Å²) in [5.74, 6) is -0.186. The summed E-state index contributed by atoms with van der Waals surface area (Å²) in [6.07, 6.45) is 1.67. The largest absolute Gasteiger partial charge is 0.435 e. The van der Waals surface area contributed by atoms with E-state index in [1.165, 1.54) is 4.57 Å².